The van der Waals surface area contributed by atoms with E-state index in [4.69, 9.17) is 16.3 Å². The molecule has 0 atom stereocenters. The van der Waals surface area contributed by atoms with Gasteiger partial charge in [-0.3, -0.25) is 9.78 Å². The maximum atomic E-state index is 12.6. The van der Waals surface area contributed by atoms with E-state index in [0.717, 1.165) is 27.8 Å². The molecule has 0 fully saturated rings. The average molecular weight is 403 g/mol. The molecule has 0 saturated heterocycles. The second kappa shape index (κ2) is 8.33. The van der Waals surface area contributed by atoms with Gasteiger partial charge in [0.05, 0.1) is 17.6 Å². The number of ether oxygens (including phenoxy) is 1. The van der Waals surface area contributed by atoms with Gasteiger partial charge in [0, 0.05) is 16.1 Å². The lowest BCUT2D eigenvalue weighted by atomic mass is 10.1. The second-order valence-corrected chi connectivity index (χ2v) is 7.19. The van der Waals surface area contributed by atoms with Crippen molar-refractivity contribution < 1.29 is 9.53 Å². The lowest BCUT2D eigenvalue weighted by Gasteiger charge is -2.10. The number of aryl methyl sites for hydroxylation is 1. The van der Waals surface area contributed by atoms with Crippen LogP contribution in [0.15, 0.2) is 78.9 Å². The molecule has 0 bridgehead atoms. The van der Waals surface area contributed by atoms with Crippen LogP contribution in [-0.4, -0.2) is 10.9 Å². The number of amides is 1. The Balaban J connectivity index is 1.43. The van der Waals surface area contributed by atoms with E-state index >= 15 is 0 Å². The summed E-state index contributed by atoms with van der Waals surface area (Å²) in [7, 11) is 0. The van der Waals surface area contributed by atoms with Crippen molar-refractivity contribution in [3.05, 3.63) is 95.1 Å². The summed E-state index contributed by atoms with van der Waals surface area (Å²) in [6.45, 7) is 1.92. The van der Waals surface area contributed by atoms with Crippen LogP contribution in [0.1, 0.15) is 11.3 Å². The lowest BCUT2D eigenvalue weighted by molar-refractivity contribution is -0.115. The Kier molecular flexibility index (Phi) is 5.45. The molecule has 1 N–H and O–H groups in total. The zero-order valence-corrected chi connectivity index (χ0v) is 16.6. The number of nitrogens with zero attached hydrogens (tertiary/aromatic N) is 1. The maximum Gasteiger partial charge on any atom is 0.228 e. The number of aromatic nitrogens is 1. The van der Waals surface area contributed by atoms with Crippen LogP contribution in [-0.2, 0) is 11.2 Å². The quantitative estimate of drug-likeness (QED) is 0.434. The molecular weight excluding hydrogens is 384 g/mol. The summed E-state index contributed by atoms with van der Waals surface area (Å²) in [4.78, 5) is 17.1. The summed E-state index contributed by atoms with van der Waals surface area (Å²) in [6, 6.07) is 24.3. The van der Waals surface area contributed by atoms with E-state index in [1.165, 1.54) is 0 Å². The molecule has 0 radical (unpaired) electrons. The van der Waals surface area contributed by atoms with Gasteiger partial charge in [0.1, 0.15) is 11.5 Å². The molecule has 144 valence electrons. The number of nitrogens with one attached hydrogen (secondary N) is 1. The zero-order chi connectivity index (χ0) is 20.2. The number of para-hydroxylation sites is 1. The molecule has 1 aromatic heterocycles. The first-order valence-corrected chi connectivity index (χ1v) is 9.63. The number of hydrogen-bond donors (Lipinski definition) is 1. The van der Waals surface area contributed by atoms with Crippen molar-refractivity contribution in [2.45, 2.75) is 13.3 Å². The Morgan fingerprint density at radius 3 is 2.34 bits per heavy atom. The highest BCUT2D eigenvalue weighted by Gasteiger charge is 2.09. The molecule has 0 aliphatic carbocycles. The molecule has 0 aliphatic rings. The molecule has 0 saturated carbocycles. The summed E-state index contributed by atoms with van der Waals surface area (Å²) in [5.41, 5.74) is 3.41. The monoisotopic (exact) mass is 402 g/mol. The van der Waals surface area contributed by atoms with Crippen LogP contribution in [0.2, 0.25) is 5.02 Å². The van der Waals surface area contributed by atoms with E-state index in [1.807, 2.05) is 73.7 Å². The number of benzene rings is 3. The van der Waals surface area contributed by atoms with E-state index in [-0.39, 0.29) is 12.3 Å². The fourth-order valence-electron chi connectivity index (χ4n) is 3.11. The first-order valence-electron chi connectivity index (χ1n) is 9.25. The van der Waals surface area contributed by atoms with Gasteiger partial charge in [-0.2, -0.15) is 0 Å². The van der Waals surface area contributed by atoms with Gasteiger partial charge in [-0.05, 0) is 61.0 Å². The van der Waals surface area contributed by atoms with E-state index in [0.29, 0.717) is 16.5 Å². The second-order valence-electron chi connectivity index (χ2n) is 6.75. The number of carbonyl (C=O) groups excluding carboxylic acids is 1. The number of pyridine rings is 1. The van der Waals surface area contributed by atoms with Crippen LogP contribution in [0.5, 0.6) is 11.5 Å². The van der Waals surface area contributed by atoms with Crippen molar-refractivity contribution in [3.8, 4) is 11.5 Å². The molecule has 0 aliphatic heterocycles. The molecule has 0 unspecified atom stereocenters. The number of anilines is 1. The van der Waals surface area contributed by atoms with Crippen LogP contribution in [0, 0.1) is 6.92 Å². The Morgan fingerprint density at radius 1 is 0.966 bits per heavy atom. The Bertz CT molecular complexity index is 1160. The van der Waals surface area contributed by atoms with Gasteiger partial charge >= 0.3 is 0 Å². The summed E-state index contributed by atoms with van der Waals surface area (Å²) >= 11 is 5.89. The van der Waals surface area contributed by atoms with Gasteiger partial charge in [0.2, 0.25) is 5.91 Å². The highest BCUT2D eigenvalue weighted by molar-refractivity contribution is 6.30. The fourth-order valence-corrected chi connectivity index (χ4v) is 3.23. The molecule has 3 aromatic carbocycles. The highest BCUT2D eigenvalue weighted by Crippen LogP contribution is 2.25. The molecule has 4 aromatic rings. The SMILES string of the molecule is Cc1cc(NC(=O)Cc2ccc(Oc3ccc(Cl)cc3)cc2)c2ccccc2n1. The number of carbonyl (C=O) groups is 1. The summed E-state index contributed by atoms with van der Waals surface area (Å²) in [5, 5.41) is 4.60. The molecule has 29 heavy (non-hydrogen) atoms. The van der Waals surface area contributed by atoms with Crippen molar-refractivity contribution in [2.75, 3.05) is 5.32 Å². The van der Waals surface area contributed by atoms with Crippen LogP contribution >= 0.6 is 11.6 Å². The van der Waals surface area contributed by atoms with Crippen LogP contribution in [0.4, 0.5) is 5.69 Å². The molecule has 0 spiro atoms. The van der Waals surface area contributed by atoms with Crippen molar-refractivity contribution in [1.82, 2.24) is 4.98 Å². The standard InChI is InChI=1S/C24H19ClN2O2/c1-16-14-23(21-4-2-3-5-22(21)26-16)27-24(28)15-17-6-10-19(11-7-17)29-20-12-8-18(25)9-13-20/h2-14H,15H2,1H3,(H,26,27,28). The van der Waals surface area contributed by atoms with E-state index < -0.39 is 0 Å². The molecule has 1 amide bonds. The molecule has 4 nitrogen and oxygen atoms in total. The van der Waals surface area contributed by atoms with Gasteiger partial charge in [0.25, 0.3) is 0 Å². The summed E-state index contributed by atoms with van der Waals surface area (Å²) in [5.74, 6) is 1.33. The topological polar surface area (TPSA) is 51.2 Å². The minimum atomic E-state index is -0.0767. The van der Waals surface area contributed by atoms with Gasteiger partial charge < -0.3 is 10.1 Å². The average Bonchev–Trinajstić information content (AvgIpc) is 2.71. The molecule has 4 rings (SSSR count). The predicted molar refractivity (Wildman–Crippen MR) is 117 cm³/mol. The Morgan fingerprint density at radius 2 is 1.62 bits per heavy atom. The van der Waals surface area contributed by atoms with Crippen LogP contribution < -0.4 is 10.1 Å². The summed E-state index contributed by atoms with van der Waals surface area (Å²) in [6.07, 6.45) is 0.275. The van der Waals surface area contributed by atoms with Gasteiger partial charge in [-0.25, -0.2) is 0 Å². The highest BCUT2D eigenvalue weighted by atomic mass is 35.5. The van der Waals surface area contributed by atoms with Gasteiger partial charge in [-0.1, -0.05) is 41.9 Å². The maximum absolute atomic E-state index is 12.6. The van der Waals surface area contributed by atoms with Crippen LogP contribution in [0.25, 0.3) is 10.9 Å². The number of rotatable bonds is 5. The van der Waals surface area contributed by atoms with Crippen LogP contribution in [0.3, 0.4) is 0 Å². The first kappa shape index (κ1) is 19.0. The summed E-state index contributed by atoms with van der Waals surface area (Å²) < 4.78 is 5.78. The first-order chi connectivity index (χ1) is 14.1. The third-order valence-corrected chi connectivity index (χ3v) is 4.71. The molecular formula is C24H19ClN2O2. The van der Waals surface area contributed by atoms with Crippen molar-refractivity contribution >= 4 is 34.1 Å². The van der Waals surface area contributed by atoms with Crippen molar-refractivity contribution in [3.63, 3.8) is 0 Å². The number of fused-ring (bicyclic) bond motifs is 1. The molecule has 1 heterocycles. The normalized spacial score (nSPS) is 10.7. The number of hydrogen-bond acceptors (Lipinski definition) is 3. The third kappa shape index (κ3) is 4.73. The smallest absolute Gasteiger partial charge is 0.228 e. The molecule has 5 heteroatoms. The zero-order valence-electron chi connectivity index (χ0n) is 15.9. The third-order valence-electron chi connectivity index (χ3n) is 4.46. The minimum absolute atomic E-state index is 0.0767. The van der Waals surface area contributed by atoms with E-state index in [1.54, 1.807) is 12.1 Å². The van der Waals surface area contributed by atoms with Crippen molar-refractivity contribution in [1.29, 1.82) is 0 Å². The minimum Gasteiger partial charge on any atom is -0.457 e. The van der Waals surface area contributed by atoms with E-state index in [9.17, 15) is 4.79 Å². The van der Waals surface area contributed by atoms with E-state index in [2.05, 4.69) is 10.3 Å². The lowest BCUT2D eigenvalue weighted by Crippen LogP contribution is -2.15. The Hall–Kier alpha value is -3.37. The predicted octanol–water partition coefficient (Wildman–Crippen LogP) is 6.17. The van der Waals surface area contributed by atoms with Gasteiger partial charge in [-0.15, -0.1) is 0 Å². The Labute approximate surface area is 174 Å². The van der Waals surface area contributed by atoms with Crippen molar-refractivity contribution in [2.24, 2.45) is 0 Å². The fraction of sp³-hybridized carbons (Fsp3) is 0.0833. The largest absolute Gasteiger partial charge is 0.457 e. The number of halogens is 1. The van der Waals surface area contributed by atoms with Gasteiger partial charge in [0.15, 0.2) is 0 Å².